The maximum atomic E-state index is 9.55. The molecule has 4 heterocycles. The van der Waals surface area contributed by atoms with Crippen LogP contribution in [0.4, 0.5) is 0 Å². The smallest absolute Gasteiger partial charge is 0.0956 e. The summed E-state index contributed by atoms with van der Waals surface area (Å²) in [5.41, 5.74) is 15.3. The van der Waals surface area contributed by atoms with E-state index in [9.17, 15) is 5.21 Å². The van der Waals surface area contributed by atoms with Gasteiger partial charge in [-0.1, -0.05) is 92.2 Å². The molecule has 2 aliphatic heterocycles. The van der Waals surface area contributed by atoms with Gasteiger partial charge in [-0.2, -0.15) is 0 Å². The van der Waals surface area contributed by atoms with Crippen LogP contribution in [-0.2, 0) is 0 Å². The van der Waals surface area contributed by atoms with Crippen LogP contribution in [0.15, 0.2) is 78.7 Å². The molecule has 7 nitrogen and oxygen atoms in total. The normalized spacial score (nSPS) is 22.2. The quantitative estimate of drug-likeness (QED) is 0.138. The largest absolute Gasteiger partial charge is 0.411 e. The number of rotatable bonds is 6. The molecule has 2 aromatic heterocycles. The van der Waals surface area contributed by atoms with Crippen molar-refractivity contribution in [3.05, 3.63) is 84.7 Å². The van der Waals surface area contributed by atoms with Crippen LogP contribution in [0.3, 0.4) is 0 Å². The highest BCUT2D eigenvalue weighted by atomic mass is 16.4. The number of benzene rings is 2. The second-order valence-electron chi connectivity index (χ2n) is 13.0. The first-order valence-corrected chi connectivity index (χ1v) is 16.4. The predicted octanol–water partition coefficient (Wildman–Crippen LogP) is 8.00. The van der Waals surface area contributed by atoms with E-state index in [4.69, 9.17) is 5.73 Å². The van der Waals surface area contributed by atoms with Crippen LogP contribution in [0.5, 0.6) is 0 Å². The van der Waals surface area contributed by atoms with Crippen LogP contribution in [0.2, 0.25) is 0 Å². The summed E-state index contributed by atoms with van der Waals surface area (Å²) in [6, 6.07) is 18.1. The van der Waals surface area contributed by atoms with Crippen molar-refractivity contribution in [3.8, 4) is 22.5 Å². The molecule has 0 radical (unpaired) electrons. The van der Waals surface area contributed by atoms with Crippen LogP contribution in [0, 0.1) is 11.8 Å². The molecule has 3 atom stereocenters. The van der Waals surface area contributed by atoms with Gasteiger partial charge in [0.05, 0.1) is 54.2 Å². The summed E-state index contributed by atoms with van der Waals surface area (Å²) in [7, 11) is 0. The number of hydrogen-bond donors (Lipinski definition) is 2. The summed E-state index contributed by atoms with van der Waals surface area (Å²) in [6.07, 6.45) is 22.4. The van der Waals surface area contributed by atoms with Gasteiger partial charge in [0.25, 0.3) is 0 Å². The Morgan fingerprint density at radius 3 is 1.91 bits per heavy atom. The molecule has 3 unspecified atom stereocenters. The predicted molar refractivity (Wildman–Crippen MR) is 171 cm³/mol. The molecule has 2 saturated carbocycles. The van der Waals surface area contributed by atoms with Crippen LogP contribution in [0.1, 0.15) is 100 Å². The molecule has 7 heteroatoms. The summed E-state index contributed by atoms with van der Waals surface area (Å²) >= 11 is 0. The Kier molecular flexibility index (Phi) is 8.16. The summed E-state index contributed by atoms with van der Waals surface area (Å²) in [6.45, 7) is 0. The first-order valence-electron chi connectivity index (χ1n) is 16.4. The Morgan fingerprint density at radius 1 is 0.767 bits per heavy atom. The number of hydrogen-bond acceptors (Lipinski definition) is 5. The molecule has 0 spiro atoms. The van der Waals surface area contributed by atoms with Gasteiger partial charge >= 0.3 is 0 Å². The van der Waals surface area contributed by atoms with Gasteiger partial charge in [-0.3, -0.25) is 0 Å². The molecule has 0 amide bonds. The minimum Gasteiger partial charge on any atom is -0.411 e. The molecule has 2 aromatic carbocycles. The topological polar surface area (TPSA) is 94.2 Å². The second kappa shape index (κ2) is 12.5. The Labute approximate surface area is 254 Å². The second-order valence-corrected chi connectivity index (χ2v) is 13.0. The number of fused-ring (bicyclic) bond motifs is 6. The molecule has 4 aliphatic rings. The van der Waals surface area contributed by atoms with E-state index < -0.39 is 0 Å². The van der Waals surface area contributed by atoms with Gasteiger partial charge in [0.15, 0.2) is 0 Å². The van der Waals surface area contributed by atoms with Crippen molar-refractivity contribution in [3.63, 3.8) is 0 Å². The Morgan fingerprint density at radius 2 is 1.30 bits per heavy atom. The number of nitrogens with two attached hydrogens (primary N) is 1. The third-order valence-electron chi connectivity index (χ3n) is 10.6. The first-order chi connectivity index (χ1) is 21.2. The molecule has 0 bridgehead atoms. The lowest BCUT2D eigenvalue weighted by molar-refractivity contribution is 0.280. The third kappa shape index (κ3) is 5.44. The zero-order valence-electron chi connectivity index (χ0n) is 25.1. The average molecular weight is 577 g/mol. The van der Waals surface area contributed by atoms with Gasteiger partial charge in [0.2, 0.25) is 0 Å². The average Bonchev–Trinajstić information content (AvgIpc) is 3.85. The fourth-order valence-electron chi connectivity index (χ4n) is 8.25. The number of oxime groups is 1. The fraction of sp³-hybridized carbons (Fsp3) is 0.472. The van der Waals surface area contributed by atoms with Crippen LogP contribution < -0.4 is 5.73 Å². The SMILES string of the molecule is NC(CC1c2ccccc2-c2cncn21)C1CCCCC1.ON=C(CC1c2ccccc2-c2cncn21)C1CCCCC1. The molecule has 0 saturated heterocycles. The molecule has 224 valence electrons. The van der Waals surface area contributed by atoms with E-state index in [1.165, 1.54) is 85.0 Å². The van der Waals surface area contributed by atoms with Crippen LogP contribution in [0.25, 0.3) is 22.5 Å². The standard InChI is InChI=1S/C18H21N3O.C18H23N3/c22-20-16(13-6-2-1-3-7-13)10-17-14-8-4-5-9-15(14)18-11-19-12-21(17)18;19-16(13-6-2-1-3-7-13)10-17-14-8-4-5-9-15(14)18-11-20-12-21(17)18/h4-5,8-9,11-13,17,22H,1-3,6-7,10H2;4-5,8-9,11-13,16-17H,1-3,6-7,10,19H2. The minimum absolute atomic E-state index is 0.210. The fourth-order valence-corrected chi connectivity index (χ4v) is 8.25. The molecule has 2 aliphatic carbocycles. The van der Waals surface area contributed by atoms with Crippen molar-refractivity contribution in [2.75, 3.05) is 0 Å². The van der Waals surface area contributed by atoms with Gasteiger partial charge < -0.3 is 20.1 Å². The van der Waals surface area contributed by atoms with Crippen LogP contribution in [-0.4, -0.2) is 36.1 Å². The van der Waals surface area contributed by atoms with E-state index in [1.807, 2.05) is 25.0 Å². The van der Waals surface area contributed by atoms with Crippen molar-refractivity contribution in [2.45, 2.75) is 95.2 Å². The Balaban J connectivity index is 0.000000140. The third-order valence-corrected chi connectivity index (χ3v) is 10.6. The summed E-state index contributed by atoms with van der Waals surface area (Å²) in [5, 5.41) is 13.2. The molecule has 43 heavy (non-hydrogen) atoms. The van der Waals surface area contributed by atoms with E-state index in [0.29, 0.717) is 23.9 Å². The van der Waals surface area contributed by atoms with Gasteiger partial charge in [0.1, 0.15) is 0 Å². The van der Waals surface area contributed by atoms with Crippen molar-refractivity contribution < 1.29 is 5.21 Å². The molecular weight excluding hydrogens is 532 g/mol. The van der Waals surface area contributed by atoms with Crippen molar-refractivity contribution >= 4 is 5.71 Å². The van der Waals surface area contributed by atoms with E-state index in [-0.39, 0.29) is 6.04 Å². The monoisotopic (exact) mass is 576 g/mol. The van der Waals surface area contributed by atoms with Gasteiger partial charge in [-0.05, 0) is 49.1 Å². The van der Waals surface area contributed by atoms with Gasteiger partial charge in [0, 0.05) is 29.5 Å². The van der Waals surface area contributed by atoms with E-state index in [2.05, 4.69) is 72.8 Å². The number of imidazole rings is 2. The van der Waals surface area contributed by atoms with Crippen molar-refractivity contribution in [1.29, 1.82) is 0 Å². The van der Waals surface area contributed by atoms with Crippen molar-refractivity contribution in [1.82, 2.24) is 19.1 Å². The van der Waals surface area contributed by atoms with E-state index >= 15 is 0 Å². The maximum absolute atomic E-state index is 9.55. The van der Waals surface area contributed by atoms with Crippen LogP contribution >= 0.6 is 0 Å². The minimum atomic E-state index is 0.210. The highest BCUT2D eigenvalue weighted by Gasteiger charge is 2.33. The molecule has 2 fully saturated rings. The zero-order valence-corrected chi connectivity index (χ0v) is 25.1. The van der Waals surface area contributed by atoms with Crippen molar-refractivity contribution in [2.24, 2.45) is 22.7 Å². The molecule has 4 aromatic rings. The molecule has 3 N–H and O–H groups in total. The Hall–Kier alpha value is -3.71. The summed E-state index contributed by atoms with van der Waals surface area (Å²) in [4.78, 5) is 8.63. The zero-order chi connectivity index (χ0) is 29.2. The lowest BCUT2D eigenvalue weighted by atomic mass is 9.81. The van der Waals surface area contributed by atoms with E-state index in [0.717, 1.165) is 31.4 Å². The number of aromatic nitrogens is 4. The number of nitrogens with zero attached hydrogens (tertiary/aromatic N) is 5. The van der Waals surface area contributed by atoms with E-state index in [1.54, 1.807) is 0 Å². The first kappa shape index (κ1) is 28.1. The molecule has 8 rings (SSSR count). The Bertz CT molecular complexity index is 1560. The lowest BCUT2D eigenvalue weighted by Gasteiger charge is -2.30. The highest BCUT2D eigenvalue weighted by Crippen LogP contribution is 2.43. The summed E-state index contributed by atoms with van der Waals surface area (Å²) < 4.78 is 4.53. The maximum Gasteiger partial charge on any atom is 0.0956 e. The lowest BCUT2D eigenvalue weighted by Crippen LogP contribution is -2.34. The molecular formula is C36H44N6O. The van der Waals surface area contributed by atoms with Gasteiger partial charge in [-0.15, -0.1) is 0 Å². The van der Waals surface area contributed by atoms with Gasteiger partial charge in [-0.25, -0.2) is 9.97 Å². The highest BCUT2D eigenvalue weighted by molar-refractivity contribution is 5.88. The summed E-state index contributed by atoms with van der Waals surface area (Å²) in [5.74, 6) is 1.15.